The standard InChI is InChI=1S/C58H39NO/c1-3-16-40(17-4-1)46-34-37-50(49-23-10-9-22-48(49)43-19-5-2-6-20-43)54(39-46)51-24-11-13-27-55(51)59(56-28-15-26-53-52-25-12-14-29-57(52)60-58(53)56)47-35-32-42(33-36-47)45-31-30-41-18-7-8-21-44(41)38-45/h1-39H. The third kappa shape index (κ3) is 6.32. The summed E-state index contributed by atoms with van der Waals surface area (Å²) in [6.45, 7) is 0. The molecule has 1 heterocycles. The quantitative estimate of drug-likeness (QED) is 0.153. The van der Waals surface area contributed by atoms with Crippen LogP contribution in [0.5, 0.6) is 0 Å². The van der Waals surface area contributed by atoms with E-state index in [0.29, 0.717) is 0 Å². The molecule has 2 nitrogen and oxygen atoms in total. The maximum Gasteiger partial charge on any atom is 0.159 e. The molecule has 0 saturated carbocycles. The lowest BCUT2D eigenvalue weighted by molar-refractivity contribution is 0.669. The van der Waals surface area contributed by atoms with Gasteiger partial charge in [0.2, 0.25) is 0 Å². The van der Waals surface area contributed by atoms with Crippen LogP contribution in [0.25, 0.3) is 88.3 Å². The van der Waals surface area contributed by atoms with Gasteiger partial charge in [-0.15, -0.1) is 0 Å². The summed E-state index contributed by atoms with van der Waals surface area (Å²) in [5, 5.41) is 4.65. The zero-order chi connectivity index (χ0) is 39.8. The Morgan fingerprint density at radius 3 is 1.65 bits per heavy atom. The molecule has 0 N–H and O–H groups in total. The molecule has 0 fully saturated rings. The molecule has 0 aliphatic heterocycles. The van der Waals surface area contributed by atoms with Crippen molar-refractivity contribution in [2.75, 3.05) is 4.90 Å². The van der Waals surface area contributed by atoms with Crippen molar-refractivity contribution < 1.29 is 4.42 Å². The number of para-hydroxylation sites is 3. The fraction of sp³-hybridized carbons (Fsp3) is 0. The second-order valence-electron chi connectivity index (χ2n) is 15.3. The Balaban J connectivity index is 1.15. The van der Waals surface area contributed by atoms with Gasteiger partial charge < -0.3 is 9.32 Å². The van der Waals surface area contributed by atoms with Crippen molar-refractivity contribution >= 4 is 49.8 Å². The van der Waals surface area contributed by atoms with E-state index < -0.39 is 0 Å². The number of nitrogens with zero attached hydrogens (tertiary/aromatic N) is 1. The van der Waals surface area contributed by atoms with Gasteiger partial charge in [0.15, 0.2) is 5.58 Å². The van der Waals surface area contributed by atoms with Crippen molar-refractivity contribution in [3.05, 3.63) is 237 Å². The number of fused-ring (bicyclic) bond motifs is 4. The van der Waals surface area contributed by atoms with Gasteiger partial charge in [-0.1, -0.05) is 194 Å². The minimum Gasteiger partial charge on any atom is -0.454 e. The van der Waals surface area contributed by atoms with Crippen LogP contribution in [0.3, 0.4) is 0 Å². The molecular weight excluding hydrogens is 727 g/mol. The van der Waals surface area contributed by atoms with Crippen molar-refractivity contribution in [2.45, 2.75) is 0 Å². The normalized spacial score (nSPS) is 11.3. The van der Waals surface area contributed by atoms with Crippen LogP contribution < -0.4 is 4.90 Å². The summed E-state index contributed by atoms with van der Waals surface area (Å²) in [5.74, 6) is 0. The minimum atomic E-state index is 0.847. The topological polar surface area (TPSA) is 16.4 Å². The maximum absolute atomic E-state index is 6.78. The molecule has 0 spiro atoms. The van der Waals surface area contributed by atoms with Gasteiger partial charge in [0.05, 0.1) is 11.4 Å². The Kier molecular flexibility index (Phi) is 8.87. The Labute approximate surface area is 349 Å². The summed E-state index contributed by atoms with van der Waals surface area (Å²) >= 11 is 0. The molecule has 1 aromatic heterocycles. The van der Waals surface area contributed by atoms with Crippen LogP contribution >= 0.6 is 0 Å². The highest BCUT2D eigenvalue weighted by atomic mass is 16.3. The van der Waals surface area contributed by atoms with Gasteiger partial charge in [0.25, 0.3) is 0 Å². The lowest BCUT2D eigenvalue weighted by atomic mass is 9.86. The number of rotatable bonds is 8. The highest BCUT2D eigenvalue weighted by Gasteiger charge is 2.24. The molecule has 0 bridgehead atoms. The molecule has 0 radical (unpaired) electrons. The second-order valence-corrected chi connectivity index (χ2v) is 15.3. The second kappa shape index (κ2) is 15.1. The van der Waals surface area contributed by atoms with Gasteiger partial charge in [-0.2, -0.15) is 0 Å². The molecule has 10 aromatic carbocycles. The largest absolute Gasteiger partial charge is 0.454 e. The number of hydrogen-bond acceptors (Lipinski definition) is 2. The van der Waals surface area contributed by atoms with Gasteiger partial charge in [-0.3, -0.25) is 0 Å². The van der Waals surface area contributed by atoms with Gasteiger partial charge in [0, 0.05) is 22.0 Å². The van der Waals surface area contributed by atoms with E-state index in [2.05, 4.69) is 235 Å². The van der Waals surface area contributed by atoms with E-state index in [1.165, 1.54) is 38.6 Å². The average Bonchev–Trinajstić information content (AvgIpc) is 3.72. The fourth-order valence-corrected chi connectivity index (χ4v) is 8.78. The smallest absolute Gasteiger partial charge is 0.159 e. The molecule has 0 saturated heterocycles. The summed E-state index contributed by atoms with van der Waals surface area (Å²) < 4.78 is 6.78. The molecular formula is C58H39NO. The third-order valence-electron chi connectivity index (χ3n) is 11.7. The zero-order valence-electron chi connectivity index (χ0n) is 32.9. The Morgan fingerprint density at radius 2 is 0.833 bits per heavy atom. The fourth-order valence-electron chi connectivity index (χ4n) is 8.78. The van der Waals surface area contributed by atoms with Crippen LogP contribution in [-0.2, 0) is 0 Å². The molecule has 0 unspecified atom stereocenters. The molecule has 11 aromatic rings. The first-order valence-corrected chi connectivity index (χ1v) is 20.5. The molecule has 0 aliphatic carbocycles. The van der Waals surface area contributed by atoms with Crippen molar-refractivity contribution in [1.82, 2.24) is 0 Å². The summed E-state index contributed by atoms with van der Waals surface area (Å²) in [5.41, 5.74) is 16.4. The van der Waals surface area contributed by atoms with E-state index in [9.17, 15) is 0 Å². The van der Waals surface area contributed by atoms with Gasteiger partial charge in [0.1, 0.15) is 5.58 Å². The summed E-state index contributed by atoms with van der Waals surface area (Å²) in [6, 6.07) is 84.9. The first kappa shape index (κ1) is 35.2. The molecule has 0 aliphatic rings. The summed E-state index contributed by atoms with van der Waals surface area (Å²) in [4.78, 5) is 2.38. The van der Waals surface area contributed by atoms with Crippen LogP contribution in [0.4, 0.5) is 17.1 Å². The van der Waals surface area contributed by atoms with Crippen LogP contribution in [0, 0.1) is 0 Å². The minimum absolute atomic E-state index is 0.847. The Morgan fingerprint density at radius 1 is 0.283 bits per heavy atom. The van der Waals surface area contributed by atoms with Crippen LogP contribution in [0.1, 0.15) is 0 Å². The summed E-state index contributed by atoms with van der Waals surface area (Å²) in [6.07, 6.45) is 0. The number of hydrogen-bond donors (Lipinski definition) is 0. The highest BCUT2D eigenvalue weighted by Crippen LogP contribution is 2.48. The highest BCUT2D eigenvalue weighted by molar-refractivity contribution is 6.11. The SMILES string of the molecule is c1ccc(-c2ccc(-c3ccccc3-c3ccccc3)c(-c3ccccc3N(c3ccc(-c4ccc5ccccc5c4)cc3)c3cccc4c3oc3ccccc34)c2)cc1. The van der Waals surface area contributed by atoms with Crippen LogP contribution in [-0.4, -0.2) is 0 Å². The maximum atomic E-state index is 6.78. The van der Waals surface area contributed by atoms with E-state index in [4.69, 9.17) is 4.42 Å². The molecule has 0 atom stereocenters. The van der Waals surface area contributed by atoms with Gasteiger partial charge in [-0.05, 0) is 103 Å². The lowest BCUT2D eigenvalue weighted by Gasteiger charge is -2.29. The number of benzene rings is 10. The molecule has 282 valence electrons. The predicted octanol–water partition coefficient (Wildman–Crippen LogP) is 16.5. The van der Waals surface area contributed by atoms with Crippen molar-refractivity contribution in [2.24, 2.45) is 0 Å². The Hall–Kier alpha value is -7.94. The van der Waals surface area contributed by atoms with Crippen molar-refractivity contribution in [3.8, 4) is 55.6 Å². The van der Waals surface area contributed by atoms with Crippen molar-refractivity contribution in [3.63, 3.8) is 0 Å². The van der Waals surface area contributed by atoms with Crippen molar-refractivity contribution in [1.29, 1.82) is 0 Å². The molecule has 11 rings (SSSR count). The summed E-state index contributed by atoms with van der Waals surface area (Å²) in [7, 11) is 0. The van der Waals surface area contributed by atoms with Gasteiger partial charge in [-0.25, -0.2) is 0 Å². The first-order chi connectivity index (χ1) is 29.8. The monoisotopic (exact) mass is 765 g/mol. The zero-order valence-corrected chi connectivity index (χ0v) is 32.9. The average molecular weight is 766 g/mol. The van der Waals surface area contributed by atoms with E-state index in [0.717, 1.165) is 66.8 Å². The number of furan rings is 1. The molecule has 60 heavy (non-hydrogen) atoms. The van der Waals surface area contributed by atoms with E-state index in [-0.39, 0.29) is 0 Å². The Bertz CT molecular complexity index is 3310. The first-order valence-electron chi connectivity index (χ1n) is 20.5. The molecule has 2 heteroatoms. The van der Waals surface area contributed by atoms with Gasteiger partial charge >= 0.3 is 0 Å². The van der Waals surface area contributed by atoms with E-state index in [1.54, 1.807) is 0 Å². The molecule has 0 amide bonds. The van der Waals surface area contributed by atoms with Crippen LogP contribution in [0.15, 0.2) is 241 Å². The van der Waals surface area contributed by atoms with E-state index in [1.807, 2.05) is 6.07 Å². The number of anilines is 3. The van der Waals surface area contributed by atoms with Crippen LogP contribution in [0.2, 0.25) is 0 Å². The predicted molar refractivity (Wildman–Crippen MR) is 253 cm³/mol. The third-order valence-corrected chi connectivity index (χ3v) is 11.7. The van der Waals surface area contributed by atoms with E-state index >= 15 is 0 Å². The lowest BCUT2D eigenvalue weighted by Crippen LogP contribution is -2.11.